The van der Waals surface area contributed by atoms with Gasteiger partial charge in [0.2, 0.25) is 5.91 Å². The zero-order valence-electron chi connectivity index (χ0n) is 16.7. The Kier molecular flexibility index (Phi) is 6.06. The van der Waals surface area contributed by atoms with Crippen LogP contribution in [0.25, 0.3) is 22.0 Å². The molecule has 8 heteroatoms. The van der Waals surface area contributed by atoms with Gasteiger partial charge in [-0.1, -0.05) is 66.4 Å². The molecular formula is C22H23N3O3S2. The number of aromatic nitrogens is 2. The standard InChI is InChI=1S/C22H23N3O3S2/c1-2-25(17-12-13-30(27,28)15-17)20(26)14-29-22-19-11-7-6-10-18(19)21(23-24-22)16-8-4-3-5-9-16/h3-11,17H,2,12-15H2,1H3/t17-/m0/s1. The summed E-state index contributed by atoms with van der Waals surface area (Å²) in [6.45, 7) is 2.39. The van der Waals surface area contributed by atoms with Gasteiger partial charge in [-0.3, -0.25) is 4.79 Å². The van der Waals surface area contributed by atoms with Crippen molar-refractivity contribution in [3.63, 3.8) is 0 Å². The number of nitrogens with zero attached hydrogens (tertiary/aromatic N) is 3. The lowest BCUT2D eigenvalue weighted by Gasteiger charge is -2.26. The molecule has 2 aromatic carbocycles. The van der Waals surface area contributed by atoms with Crippen LogP contribution in [-0.2, 0) is 14.6 Å². The number of thioether (sulfide) groups is 1. The largest absolute Gasteiger partial charge is 0.338 e. The Bertz CT molecular complexity index is 1170. The van der Waals surface area contributed by atoms with Crippen LogP contribution in [0.5, 0.6) is 0 Å². The van der Waals surface area contributed by atoms with E-state index in [1.807, 2.05) is 61.5 Å². The minimum Gasteiger partial charge on any atom is -0.338 e. The van der Waals surface area contributed by atoms with Gasteiger partial charge in [0.15, 0.2) is 9.84 Å². The van der Waals surface area contributed by atoms with Crippen LogP contribution in [0.15, 0.2) is 59.6 Å². The fourth-order valence-electron chi connectivity index (χ4n) is 3.87. The Labute approximate surface area is 180 Å². The van der Waals surface area contributed by atoms with Crippen molar-refractivity contribution in [1.82, 2.24) is 15.1 Å². The zero-order valence-corrected chi connectivity index (χ0v) is 18.3. The molecule has 0 spiro atoms. The first kappa shape index (κ1) is 20.8. The van der Waals surface area contributed by atoms with Crippen molar-refractivity contribution in [3.8, 4) is 11.3 Å². The van der Waals surface area contributed by atoms with E-state index in [4.69, 9.17) is 0 Å². The van der Waals surface area contributed by atoms with E-state index >= 15 is 0 Å². The van der Waals surface area contributed by atoms with Crippen LogP contribution in [-0.4, -0.2) is 59.3 Å². The molecule has 1 aliphatic heterocycles. The lowest BCUT2D eigenvalue weighted by Crippen LogP contribution is -2.41. The van der Waals surface area contributed by atoms with Gasteiger partial charge in [-0.2, -0.15) is 0 Å². The first-order chi connectivity index (χ1) is 14.5. The molecule has 1 aliphatic rings. The summed E-state index contributed by atoms with van der Waals surface area (Å²) in [7, 11) is -3.03. The summed E-state index contributed by atoms with van der Waals surface area (Å²) >= 11 is 1.35. The van der Waals surface area contributed by atoms with E-state index in [1.54, 1.807) is 4.90 Å². The number of benzene rings is 2. The maximum atomic E-state index is 12.8. The molecule has 0 bridgehead atoms. The Balaban J connectivity index is 1.55. The zero-order chi connectivity index (χ0) is 21.1. The summed E-state index contributed by atoms with van der Waals surface area (Å²) < 4.78 is 23.6. The van der Waals surface area contributed by atoms with Crippen molar-refractivity contribution in [2.24, 2.45) is 0 Å². The highest BCUT2D eigenvalue weighted by molar-refractivity contribution is 8.00. The van der Waals surface area contributed by atoms with E-state index in [0.717, 1.165) is 22.0 Å². The van der Waals surface area contributed by atoms with Gasteiger partial charge in [-0.15, -0.1) is 10.2 Å². The molecule has 1 atom stereocenters. The lowest BCUT2D eigenvalue weighted by atomic mass is 10.1. The van der Waals surface area contributed by atoms with Gasteiger partial charge in [0.25, 0.3) is 0 Å². The summed E-state index contributed by atoms with van der Waals surface area (Å²) in [4.78, 5) is 14.5. The van der Waals surface area contributed by atoms with Crippen molar-refractivity contribution in [1.29, 1.82) is 0 Å². The SMILES string of the molecule is CCN(C(=O)CSc1nnc(-c2ccccc2)c2ccccc12)[C@H]1CCS(=O)(=O)C1. The molecule has 0 radical (unpaired) electrons. The highest BCUT2D eigenvalue weighted by Crippen LogP contribution is 2.32. The second kappa shape index (κ2) is 8.73. The van der Waals surface area contributed by atoms with E-state index in [0.29, 0.717) is 18.0 Å². The summed E-state index contributed by atoms with van der Waals surface area (Å²) in [6.07, 6.45) is 0.515. The van der Waals surface area contributed by atoms with Gasteiger partial charge in [0.1, 0.15) is 10.7 Å². The molecule has 0 saturated carbocycles. The number of carbonyl (C=O) groups excluding carboxylic acids is 1. The molecule has 6 nitrogen and oxygen atoms in total. The van der Waals surface area contributed by atoms with Crippen LogP contribution in [0.1, 0.15) is 13.3 Å². The Morgan fingerprint density at radius 3 is 2.43 bits per heavy atom. The number of fused-ring (bicyclic) bond motifs is 1. The Morgan fingerprint density at radius 2 is 1.77 bits per heavy atom. The molecule has 0 aliphatic carbocycles. The minimum absolute atomic E-state index is 0.0613. The predicted molar refractivity (Wildman–Crippen MR) is 120 cm³/mol. The number of sulfone groups is 1. The molecule has 1 amide bonds. The summed E-state index contributed by atoms with van der Waals surface area (Å²) in [5, 5.41) is 11.5. The average molecular weight is 442 g/mol. The van der Waals surface area contributed by atoms with Crippen LogP contribution in [0.2, 0.25) is 0 Å². The molecule has 1 fully saturated rings. The topological polar surface area (TPSA) is 80.2 Å². The second-order valence-electron chi connectivity index (χ2n) is 7.29. The van der Waals surface area contributed by atoms with E-state index < -0.39 is 9.84 Å². The van der Waals surface area contributed by atoms with Crippen LogP contribution in [0, 0.1) is 0 Å². The highest BCUT2D eigenvalue weighted by atomic mass is 32.2. The molecule has 4 rings (SSSR count). The molecule has 2 heterocycles. The van der Waals surface area contributed by atoms with Crippen LogP contribution in [0.4, 0.5) is 0 Å². The van der Waals surface area contributed by atoms with Gasteiger partial charge in [-0.25, -0.2) is 8.42 Å². The number of hydrogen-bond donors (Lipinski definition) is 0. The van der Waals surface area contributed by atoms with E-state index in [9.17, 15) is 13.2 Å². The third-order valence-corrected chi connectivity index (χ3v) is 8.06. The smallest absolute Gasteiger partial charge is 0.233 e. The van der Waals surface area contributed by atoms with Crippen molar-refractivity contribution in [2.45, 2.75) is 24.4 Å². The number of carbonyl (C=O) groups is 1. The van der Waals surface area contributed by atoms with Gasteiger partial charge in [0, 0.05) is 28.9 Å². The predicted octanol–water partition coefficient (Wildman–Crippen LogP) is 3.42. The number of hydrogen-bond acceptors (Lipinski definition) is 6. The van der Waals surface area contributed by atoms with Gasteiger partial charge < -0.3 is 4.90 Å². The summed E-state index contributed by atoms with van der Waals surface area (Å²) in [5.41, 5.74) is 1.81. The van der Waals surface area contributed by atoms with Gasteiger partial charge in [0.05, 0.1) is 17.3 Å². The first-order valence-electron chi connectivity index (χ1n) is 9.92. The van der Waals surface area contributed by atoms with Gasteiger partial charge >= 0.3 is 0 Å². The lowest BCUT2D eigenvalue weighted by molar-refractivity contribution is -0.129. The minimum atomic E-state index is -3.03. The molecule has 1 saturated heterocycles. The molecule has 3 aromatic rings. The Morgan fingerprint density at radius 1 is 1.07 bits per heavy atom. The number of rotatable bonds is 6. The average Bonchev–Trinajstić information content (AvgIpc) is 3.12. The fourth-order valence-corrected chi connectivity index (χ4v) is 6.46. The number of amides is 1. The molecular weight excluding hydrogens is 418 g/mol. The molecule has 156 valence electrons. The van der Waals surface area contributed by atoms with Crippen molar-refractivity contribution in [3.05, 3.63) is 54.6 Å². The summed E-state index contributed by atoms with van der Waals surface area (Å²) in [5.74, 6) is 0.355. The van der Waals surface area contributed by atoms with Crippen LogP contribution >= 0.6 is 11.8 Å². The van der Waals surface area contributed by atoms with E-state index in [1.165, 1.54) is 11.8 Å². The normalized spacial score (nSPS) is 17.8. The van der Waals surface area contributed by atoms with Crippen LogP contribution < -0.4 is 0 Å². The second-order valence-corrected chi connectivity index (χ2v) is 10.5. The monoisotopic (exact) mass is 441 g/mol. The van der Waals surface area contributed by atoms with Crippen molar-refractivity contribution in [2.75, 3.05) is 23.8 Å². The molecule has 1 aromatic heterocycles. The third kappa shape index (κ3) is 4.34. The molecule has 30 heavy (non-hydrogen) atoms. The maximum absolute atomic E-state index is 12.8. The quantitative estimate of drug-likeness (QED) is 0.545. The van der Waals surface area contributed by atoms with Crippen molar-refractivity contribution >= 4 is 38.3 Å². The Hall–Kier alpha value is -2.45. The molecule has 0 N–H and O–H groups in total. The van der Waals surface area contributed by atoms with Crippen LogP contribution in [0.3, 0.4) is 0 Å². The fraction of sp³-hybridized carbons (Fsp3) is 0.318. The third-order valence-electron chi connectivity index (χ3n) is 5.34. The maximum Gasteiger partial charge on any atom is 0.233 e. The van der Waals surface area contributed by atoms with E-state index in [-0.39, 0.29) is 29.2 Å². The molecule has 0 unspecified atom stereocenters. The first-order valence-corrected chi connectivity index (χ1v) is 12.7. The van der Waals surface area contributed by atoms with Gasteiger partial charge in [-0.05, 0) is 13.3 Å². The highest BCUT2D eigenvalue weighted by Gasteiger charge is 2.33. The van der Waals surface area contributed by atoms with E-state index in [2.05, 4.69) is 10.2 Å². The van der Waals surface area contributed by atoms with Crippen molar-refractivity contribution < 1.29 is 13.2 Å². The summed E-state index contributed by atoms with van der Waals surface area (Å²) in [6, 6.07) is 17.6.